The Morgan fingerprint density at radius 3 is 2.30 bits per heavy atom. The molecule has 1 fully saturated rings. The zero-order valence-corrected chi connectivity index (χ0v) is 17.1. The van der Waals surface area contributed by atoms with Gasteiger partial charge in [-0.15, -0.1) is 0 Å². The second-order valence-corrected chi connectivity index (χ2v) is 7.30. The minimum atomic E-state index is -0.409. The van der Waals surface area contributed by atoms with Crippen molar-refractivity contribution in [3.05, 3.63) is 65.6 Å². The van der Waals surface area contributed by atoms with Gasteiger partial charge in [0.05, 0.1) is 18.4 Å². The van der Waals surface area contributed by atoms with E-state index in [2.05, 4.69) is 11.8 Å². The number of likely N-dealkylation sites (N-methyl/N-ethyl adjacent to an activating group) is 1. The number of piperazine rings is 1. The van der Waals surface area contributed by atoms with Gasteiger partial charge in [0.2, 0.25) is 0 Å². The first-order chi connectivity index (χ1) is 14.5. The predicted octanol–water partition coefficient (Wildman–Crippen LogP) is 2.76. The molecule has 1 saturated heterocycles. The molecule has 2 aromatic carbocycles. The van der Waals surface area contributed by atoms with Crippen molar-refractivity contribution in [1.82, 2.24) is 9.80 Å². The van der Waals surface area contributed by atoms with Crippen LogP contribution >= 0.6 is 0 Å². The van der Waals surface area contributed by atoms with Gasteiger partial charge in [-0.1, -0.05) is 25.1 Å². The van der Waals surface area contributed by atoms with Crippen LogP contribution in [0.1, 0.15) is 12.5 Å². The smallest absolute Gasteiger partial charge is 0.282 e. The Balaban J connectivity index is 1.77. The molecule has 0 aliphatic carbocycles. The second-order valence-electron chi connectivity index (χ2n) is 7.30. The first kappa shape index (κ1) is 20.1. The number of benzene rings is 2. The zero-order chi connectivity index (χ0) is 21.3. The summed E-state index contributed by atoms with van der Waals surface area (Å²) in [6.45, 7) is 5.99. The molecule has 2 heterocycles. The Bertz CT molecular complexity index is 995. The van der Waals surface area contributed by atoms with E-state index >= 15 is 0 Å². The summed E-state index contributed by atoms with van der Waals surface area (Å²) in [5.74, 6) is -0.606. The van der Waals surface area contributed by atoms with Gasteiger partial charge in [0.25, 0.3) is 11.8 Å². The van der Waals surface area contributed by atoms with Crippen LogP contribution in [0.5, 0.6) is 5.75 Å². The molecule has 4 rings (SSSR count). The lowest BCUT2D eigenvalue weighted by atomic mass is 10.0. The number of carbonyl (C=O) groups excluding carboxylic acids is 2. The van der Waals surface area contributed by atoms with Crippen molar-refractivity contribution >= 4 is 23.1 Å². The quantitative estimate of drug-likeness (QED) is 0.711. The van der Waals surface area contributed by atoms with E-state index in [0.29, 0.717) is 41.4 Å². The maximum atomic E-state index is 13.5. The van der Waals surface area contributed by atoms with Gasteiger partial charge in [0.15, 0.2) is 0 Å². The van der Waals surface area contributed by atoms with E-state index in [1.165, 1.54) is 24.1 Å². The maximum absolute atomic E-state index is 13.5. The number of hydrogen-bond acceptors (Lipinski definition) is 5. The van der Waals surface area contributed by atoms with Crippen molar-refractivity contribution < 1.29 is 18.7 Å². The lowest BCUT2D eigenvalue weighted by molar-refractivity contribution is -0.120. The lowest BCUT2D eigenvalue weighted by Gasteiger charge is -2.36. The lowest BCUT2D eigenvalue weighted by Crippen LogP contribution is -2.47. The van der Waals surface area contributed by atoms with Crippen molar-refractivity contribution in [3.63, 3.8) is 0 Å². The summed E-state index contributed by atoms with van der Waals surface area (Å²) < 4.78 is 18.8. The highest BCUT2D eigenvalue weighted by molar-refractivity contribution is 6.45. The molecule has 0 N–H and O–H groups in total. The highest BCUT2D eigenvalue weighted by Gasteiger charge is 2.43. The summed E-state index contributed by atoms with van der Waals surface area (Å²) in [4.78, 5) is 32.4. The molecule has 0 aromatic heterocycles. The van der Waals surface area contributed by atoms with Crippen LogP contribution in [0, 0.1) is 5.82 Å². The molecule has 0 saturated carbocycles. The van der Waals surface area contributed by atoms with Crippen molar-refractivity contribution in [3.8, 4) is 5.75 Å². The number of halogens is 1. The van der Waals surface area contributed by atoms with E-state index in [0.717, 1.165) is 19.6 Å². The van der Waals surface area contributed by atoms with Crippen molar-refractivity contribution in [2.45, 2.75) is 6.92 Å². The summed E-state index contributed by atoms with van der Waals surface area (Å²) in [5, 5.41) is 0. The largest absolute Gasteiger partial charge is 0.497 e. The third kappa shape index (κ3) is 3.57. The highest BCUT2D eigenvalue weighted by Crippen LogP contribution is 2.36. The Morgan fingerprint density at radius 2 is 1.67 bits per heavy atom. The van der Waals surface area contributed by atoms with Crippen LogP contribution in [-0.4, -0.2) is 61.4 Å². The van der Waals surface area contributed by atoms with Gasteiger partial charge in [0, 0.05) is 32.2 Å². The van der Waals surface area contributed by atoms with Crippen molar-refractivity contribution in [1.29, 1.82) is 0 Å². The molecule has 6 nitrogen and oxygen atoms in total. The van der Waals surface area contributed by atoms with Gasteiger partial charge in [0.1, 0.15) is 17.3 Å². The van der Waals surface area contributed by atoms with E-state index in [9.17, 15) is 14.0 Å². The van der Waals surface area contributed by atoms with Crippen LogP contribution in [0.4, 0.5) is 10.1 Å². The molecule has 7 heteroatoms. The molecule has 0 atom stereocenters. The molecule has 0 spiro atoms. The topological polar surface area (TPSA) is 53.1 Å². The summed E-state index contributed by atoms with van der Waals surface area (Å²) in [7, 11) is 1.54. The number of carbonyl (C=O) groups is 2. The number of amides is 2. The number of hydrogen-bond donors (Lipinski definition) is 0. The van der Waals surface area contributed by atoms with E-state index in [4.69, 9.17) is 4.74 Å². The number of anilines is 1. The molecular weight excluding hydrogens is 385 g/mol. The van der Waals surface area contributed by atoms with E-state index in [-0.39, 0.29) is 11.7 Å². The Labute approximate surface area is 175 Å². The first-order valence-corrected chi connectivity index (χ1v) is 10.0. The minimum absolute atomic E-state index is 0.313. The Hall–Kier alpha value is -3.19. The molecule has 2 amide bonds. The van der Waals surface area contributed by atoms with Crippen LogP contribution < -0.4 is 9.64 Å². The van der Waals surface area contributed by atoms with Crippen LogP contribution in [0.2, 0.25) is 0 Å². The molecule has 30 heavy (non-hydrogen) atoms. The average Bonchev–Trinajstić information content (AvgIpc) is 3.04. The fourth-order valence-corrected chi connectivity index (χ4v) is 3.96. The van der Waals surface area contributed by atoms with E-state index in [1.807, 2.05) is 4.90 Å². The molecule has 156 valence electrons. The van der Waals surface area contributed by atoms with Crippen LogP contribution in [0.3, 0.4) is 0 Å². The number of ether oxygens (including phenoxy) is 1. The van der Waals surface area contributed by atoms with Gasteiger partial charge < -0.3 is 14.5 Å². The summed E-state index contributed by atoms with van der Waals surface area (Å²) in [5.41, 5.74) is 1.68. The van der Waals surface area contributed by atoms with Crippen LogP contribution in [0.15, 0.2) is 54.2 Å². The SMILES string of the molecule is CCN1CCN(C2=C(c3ccc(F)cc3)C(=O)N(c3cccc(OC)c3)C2=O)CC1. The number of nitrogens with zero attached hydrogens (tertiary/aromatic N) is 3. The monoisotopic (exact) mass is 409 g/mol. The summed E-state index contributed by atoms with van der Waals surface area (Å²) >= 11 is 0. The third-order valence-electron chi connectivity index (χ3n) is 5.64. The fourth-order valence-electron chi connectivity index (χ4n) is 3.96. The normalized spacial score (nSPS) is 17.8. The van der Waals surface area contributed by atoms with Crippen molar-refractivity contribution in [2.24, 2.45) is 0 Å². The third-order valence-corrected chi connectivity index (χ3v) is 5.64. The van der Waals surface area contributed by atoms with Gasteiger partial charge in [-0.2, -0.15) is 0 Å². The van der Waals surface area contributed by atoms with Gasteiger partial charge in [-0.25, -0.2) is 9.29 Å². The van der Waals surface area contributed by atoms with E-state index < -0.39 is 5.91 Å². The molecule has 2 aliphatic heterocycles. The van der Waals surface area contributed by atoms with Crippen LogP contribution in [-0.2, 0) is 9.59 Å². The zero-order valence-electron chi connectivity index (χ0n) is 17.1. The first-order valence-electron chi connectivity index (χ1n) is 10.0. The van der Waals surface area contributed by atoms with Crippen LogP contribution in [0.25, 0.3) is 5.57 Å². The van der Waals surface area contributed by atoms with Gasteiger partial charge >= 0.3 is 0 Å². The van der Waals surface area contributed by atoms with Crippen molar-refractivity contribution in [2.75, 3.05) is 44.7 Å². The number of imide groups is 1. The molecular formula is C23H24FN3O3. The number of rotatable bonds is 5. The molecule has 2 aliphatic rings. The second kappa shape index (κ2) is 8.28. The summed E-state index contributed by atoms with van der Waals surface area (Å²) in [6.07, 6.45) is 0. The molecule has 0 radical (unpaired) electrons. The Kier molecular flexibility index (Phi) is 5.55. The molecule has 2 aromatic rings. The fraction of sp³-hybridized carbons (Fsp3) is 0.304. The van der Waals surface area contributed by atoms with Gasteiger partial charge in [-0.05, 0) is 36.4 Å². The maximum Gasteiger partial charge on any atom is 0.282 e. The van der Waals surface area contributed by atoms with E-state index in [1.54, 1.807) is 36.4 Å². The number of methoxy groups -OCH3 is 1. The Morgan fingerprint density at radius 1 is 0.967 bits per heavy atom. The summed E-state index contributed by atoms with van der Waals surface area (Å²) in [6, 6.07) is 12.6. The van der Waals surface area contributed by atoms with Gasteiger partial charge in [-0.3, -0.25) is 9.59 Å². The standard InChI is InChI=1S/C23H24FN3O3/c1-3-25-11-13-26(14-12-25)21-20(16-7-9-17(24)10-8-16)22(28)27(23(21)29)18-5-4-6-19(15-18)30-2/h4-10,15H,3,11-14H2,1-2H3. The predicted molar refractivity (Wildman–Crippen MR) is 112 cm³/mol. The molecule has 0 bridgehead atoms. The highest BCUT2D eigenvalue weighted by atomic mass is 19.1. The minimum Gasteiger partial charge on any atom is -0.497 e. The molecule has 0 unspecified atom stereocenters. The average molecular weight is 409 g/mol.